The normalized spacial score (nSPS) is 11.5. The Hall–Kier alpha value is -2.94. The monoisotopic (exact) mass is 335 g/mol. The summed E-state index contributed by atoms with van der Waals surface area (Å²) in [5.41, 5.74) is -1.24. The molecular weight excluding hydrogens is 325 g/mol. The van der Waals surface area contributed by atoms with Crippen molar-refractivity contribution in [2.45, 2.75) is 4.90 Å². The van der Waals surface area contributed by atoms with Crippen molar-refractivity contribution in [3.63, 3.8) is 0 Å². The summed E-state index contributed by atoms with van der Waals surface area (Å²) in [7, 11) is -4.03. The van der Waals surface area contributed by atoms with Crippen molar-refractivity contribution in [2.75, 3.05) is 4.72 Å². The molecule has 0 unspecified atom stereocenters. The van der Waals surface area contributed by atoms with Crippen LogP contribution in [0.4, 0.5) is 10.1 Å². The molecule has 0 radical (unpaired) electrons. The molecule has 118 valence electrons. The van der Waals surface area contributed by atoms with Crippen molar-refractivity contribution in [2.24, 2.45) is 0 Å². The Morgan fingerprint density at radius 1 is 0.913 bits per heavy atom. The van der Waals surface area contributed by atoms with Crippen LogP contribution in [0.2, 0.25) is 0 Å². The fourth-order valence-corrected chi connectivity index (χ4v) is 3.20. The molecule has 3 N–H and O–H groups in total. The van der Waals surface area contributed by atoms with E-state index in [-0.39, 0.29) is 21.4 Å². The van der Waals surface area contributed by atoms with Gasteiger partial charge in [-0.3, -0.25) is 24.5 Å². The van der Waals surface area contributed by atoms with Gasteiger partial charge in [-0.1, -0.05) is 6.07 Å². The van der Waals surface area contributed by atoms with Gasteiger partial charge in [-0.25, -0.2) is 12.8 Å². The van der Waals surface area contributed by atoms with E-state index in [0.717, 1.165) is 24.3 Å². The number of aromatic nitrogens is 2. The van der Waals surface area contributed by atoms with Gasteiger partial charge in [0.15, 0.2) is 0 Å². The maximum absolute atomic E-state index is 12.9. The number of rotatable bonds is 3. The molecule has 0 spiro atoms. The average molecular weight is 335 g/mol. The molecule has 23 heavy (non-hydrogen) atoms. The molecule has 0 amide bonds. The van der Waals surface area contributed by atoms with Crippen LogP contribution in [0.5, 0.6) is 0 Å². The van der Waals surface area contributed by atoms with Crippen molar-refractivity contribution in [3.8, 4) is 0 Å². The van der Waals surface area contributed by atoms with Gasteiger partial charge in [-0.15, -0.1) is 0 Å². The molecule has 0 fully saturated rings. The Morgan fingerprint density at radius 2 is 1.57 bits per heavy atom. The molecular formula is C14H10FN3O4S. The second kappa shape index (κ2) is 5.36. The highest BCUT2D eigenvalue weighted by molar-refractivity contribution is 7.92. The van der Waals surface area contributed by atoms with E-state index in [1.165, 1.54) is 18.2 Å². The van der Waals surface area contributed by atoms with Crippen LogP contribution in [-0.4, -0.2) is 18.6 Å². The second-order valence-electron chi connectivity index (χ2n) is 4.70. The summed E-state index contributed by atoms with van der Waals surface area (Å²) in [6, 6.07) is 8.42. The van der Waals surface area contributed by atoms with Crippen molar-refractivity contribution < 1.29 is 12.8 Å². The third-order valence-corrected chi connectivity index (χ3v) is 4.58. The number of nitrogens with one attached hydrogen (secondary N) is 3. The molecule has 2 aromatic carbocycles. The van der Waals surface area contributed by atoms with Gasteiger partial charge in [0.2, 0.25) is 0 Å². The van der Waals surface area contributed by atoms with Crippen molar-refractivity contribution in [1.29, 1.82) is 0 Å². The molecule has 1 heterocycles. The van der Waals surface area contributed by atoms with Gasteiger partial charge in [0.05, 0.1) is 21.4 Å². The quantitative estimate of drug-likeness (QED) is 0.666. The lowest BCUT2D eigenvalue weighted by atomic mass is 10.2. The zero-order chi connectivity index (χ0) is 16.6. The van der Waals surface area contributed by atoms with E-state index in [1.807, 2.05) is 0 Å². The molecule has 0 aliphatic carbocycles. The van der Waals surface area contributed by atoms with Gasteiger partial charge in [0, 0.05) is 0 Å². The molecule has 1 aromatic heterocycles. The van der Waals surface area contributed by atoms with Crippen LogP contribution >= 0.6 is 0 Å². The Labute approximate surface area is 128 Å². The summed E-state index contributed by atoms with van der Waals surface area (Å²) in [5, 5.41) is 4.26. The summed E-state index contributed by atoms with van der Waals surface area (Å²) in [6.45, 7) is 0. The van der Waals surface area contributed by atoms with E-state index in [2.05, 4.69) is 14.9 Å². The largest absolute Gasteiger partial charge is 0.279 e. The highest BCUT2D eigenvalue weighted by atomic mass is 32.2. The van der Waals surface area contributed by atoms with Crippen LogP contribution in [-0.2, 0) is 10.0 Å². The van der Waals surface area contributed by atoms with Crippen LogP contribution < -0.4 is 15.8 Å². The number of H-pyrrole nitrogens is 2. The fourth-order valence-electron chi connectivity index (χ4n) is 2.13. The first-order chi connectivity index (χ1) is 10.9. The van der Waals surface area contributed by atoms with Gasteiger partial charge < -0.3 is 0 Å². The predicted molar refractivity (Wildman–Crippen MR) is 82.4 cm³/mol. The van der Waals surface area contributed by atoms with Crippen LogP contribution in [0.25, 0.3) is 10.8 Å². The van der Waals surface area contributed by atoms with Gasteiger partial charge in [0.25, 0.3) is 21.1 Å². The summed E-state index contributed by atoms with van der Waals surface area (Å²) >= 11 is 0. The lowest BCUT2D eigenvalue weighted by Gasteiger charge is -2.10. The third-order valence-electron chi connectivity index (χ3n) is 3.19. The highest BCUT2D eigenvalue weighted by Crippen LogP contribution is 2.21. The molecule has 0 aliphatic heterocycles. The molecule has 0 aliphatic rings. The van der Waals surface area contributed by atoms with E-state index in [0.29, 0.717) is 0 Å². The SMILES string of the molecule is O=c1[nH][nH]c(=O)c2c(NS(=O)(=O)c3ccc(F)cc3)cccc12. The third kappa shape index (κ3) is 2.73. The van der Waals surface area contributed by atoms with Crippen molar-refractivity contribution in [1.82, 2.24) is 10.2 Å². The van der Waals surface area contributed by atoms with Gasteiger partial charge in [-0.2, -0.15) is 0 Å². The van der Waals surface area contributed by atoms with Crippen molar-refractivity contribution in [3.05, 3.63) is 69.0 Å². The number of hydrogen-bond acceptors (Lipinski definition) is 4. The van der Waals surface area contributed by atoms with Gasteiger partial charge in [-0.05, 0) is 36.4 Å². The number of hydrogen-bond donors (Lipinski definition) is 3. The van der Waals surface area contributed by atoms with Crippen LogP contribution in [0.1, 0.15) is 0 Å². The van der Waals surface area contributed by atoms with Crippen LogP contribution in [0.15, 0.2) is 56.9 Å². The zero-order valence-electron chi connectivity index (χ0n) is 11.5. The number of aromatic amines is 2. The Morgan fingerprint density at radius 3 is 2.26 bits per heavy atom. The maximum Gasteiger partial charge on any atom is 0.272 e. The second-order valence-corrected chi connectivity index (χ2v) is 6.38. The van der Waals surface area contributed by atoms with Crippen LogP contribution in [0.3, 0.4) is 0 Å². The first-order valence-corrected chi connectivity index (χ1v) is 7.89. The highest BCUT2D eigenvalue weighted by Gasteiger charge is 2.17. The summed E-state index contributed by atoms with van der Waals surface area (Å²) < 4.78 is 39.8. The zero-order valence-corrected chi connectivity index (χ0v) is 12.3. The van der Waals surface area contributed by atoms with Gasteiger partial charge in [0.1, 0.15) is 5.82 Å². The summed E-state index contributed by atoms with van der Waals surface area (Å²) in [5.74, 6) is -0.572. The lowest BCUT2D eigenvalue weighted by molar-refractivity contribution is 0.599. The van der Waals surface area contributed by atoms with E-state index in [9.17, 15) is 22.4 Å². The number of fused-ring (bicyclic) bond motifs is 1. The molecule has 3 aromatic rings. The molecule has 0 saturated carbocycles. The van der Waals surface area contributed by atoms with Gasteiger partial charge >= 0.3 is 0 Å². The minimum Gasteiger partial charge on any atom is -0.279 e. The molecule has 0 atom stereocenters. The molecule has 9 heteroatoms. The molecule has 7 nitrogen and oxygen atoms in total. The van der Waals surface area contributed by atoms with Crippen LogP contribution in [0, 0.1) is 5.82 Å². The minimum atomic E-state index is -4.03. The Balaban J connectivity index is 2.15. The summed E-state index contributed by atoms with van der Waals surface area (Å²) in [6.07, 6.45) is 0. The minimum absolute atomic E-state index is 0.0424. The maximum atomic E-state index is 12.9. The molecule has 0 saturated heterocycles. The molecule has 0 bridgehead atoms. The smallest absolute Gasteiger partial charge is 0.272 e. The number of sulfonamides is 1. The molecule has 3 rings (SSSR count). The van der Waals surface area contributed by atoms with E-state index >= 15 is 0 Å². The standard InChI is InChI=1S/C14H10FN3O4S/c15-8-4-6-9(7-5-8)23(21,22)18-11-3-1-2-10-12(11)14(20)17-16-13(10)19/h1-7,18H,(H,16,19)(H,17,20). The van der Waals surface area contributed by atoms with E-state index in [1.54, 1.807) is 0 Å². The number of anilines is 1. The topological polar surface area (TPSA) is 112 Å². The number of benzene rings is 2. The van der Waals surface area contributed by atoms with E-state index in [4.69, 9.17) is 0 Å². The van der Waals surface area contributed by atoms with E-state index < -0.39 is 27.0 Å². The first kappa shape index (κ1) is 15.0. The first-order valence-electron chi connectivity index (χ1n) is 6.40. The number of halogens is 1. The summed E-state index contributed by atoms with van der Waals surface area (Å²) in [4.78, 5) is 23.5. The fraction of sp³-hybridized carbons (Fsp3) is 0. The Bertz CT molecular complexity index is 1100. The lowest BCUT2D eigenvalue weighted by Crippen LogP contribution is -2.21. The Kier molecular flexibility index (Phi) is 3.49. The average Bonchev–Trinajstić information content (AvgIpc) is 2.51. The predicted octanol–water partition coefficient (Wildman–Crippen LogP) is 1.16. The van der Waals surface area contributed by atoms with Crippen molar-refractivity contribution >= 4 is 26.5 Å².